The van der Waals surface area contributed by atoms with Crippen LogP contribution in [0.3, 0.4) is 0 Å². The lowest BCUT2D eigenvalue weighted by Gasteiger charge is -2.16. The van der Waals surface area contributed by atoms with E-state index in [9.17, 15) is 9.59 Å². The van der Waals surface area contributed by atoms with Crippen molar-refractivity contribution in [1.82, 2.24) is 15.1 Å². The molecule has 7 heteroatoms. The van der Waals surface area contributed by atoms with Crippen molar-refractivity contribution in [1.29, 1.82) is 0 Å². The van der Waals surface area contributed by atoms with Gasteiger partial charge in [-0.15, -0.1) is 11.8 Å². The van der Waals surface area contributed by atoms with Crippen molar-refractivity contribution in [2.75, 3.05) is 0 Å². The first kappa shape index (κ1) is 20.0. The van der Waals surface area contributed by atoms with Gasteiger partial charge in [0, 0.05) is 23.7 Å². The first-order valence-electron chi connectivity index (χ1n) is 8.49. The van der Waals surface area contributed by atoms with E-state index in [-0.39, 0.29) is 11.9 Å². The van der Waals surface area contributed by atoms with Crippen molar-refractivity contribution < 1.29 is 14.7 Å². The van der Waals surface area contributed by atoms with Crippen LogP contribution < -0.4 is 5.32 Å². The summed E-state index contributed by atoms with van der Waals surface area (Å²) in [5.74, 6) is -1.10. The Bertz CT molecular complexity index is 816. The van der Waals surface area contributed by atoms with Crippen LogP contribution in [0.2, 0.25) is 0 Å². The summed E-state index contributed by atoms with van der Waals surface area (Å²) >= 11 is 1.17. The SMILES string of the molecule is Cc1nn(C)c(C)c1CC(C)NC(=O)c1ccccc1SC(C)C(=O)O. The van der Waals surface area contributed by atoms with Crippen molar-refractivity contribution >= 4 is 23.6 Å². The molecule has 26 heavy (non-hydrogen) atoms. The molecule has 2 N–H and O–H groups in total. The number of amides is 1. The van der Waals surface area contributed by atoms with Crippen molar-refractivity contribution in [3.05, 3.63) is 46.8 Å². The first-order valence-corrected chi connectivity index (χ1v) is 9.37. The van der Waals surface area contributed by atoms with Crippen LogP contribution in [0.4, 0.5) is 0 Å². The van der Waals surface area contributed by atoms with Crippen molar-refractivity contribution in [3.63, 3.8) is 0 Å². The van der Waals surface area contributed by atoms with Gasteiger partial charge in [0.25, 0.3) is 5.91 Å². The van der Waals surface area contributed by atoms with Crippen molar-refractivity contribution in [3.8, 4) is 0 Å². The highest BCUT2D eigenvalue weighted by atomic mass is 32.2. The Labute approximate surface area is 158 Å². The zero-order chi connectivity index (χ0) is 19.4. The Kier molecular flexibility index (Phi) is 6.47. The number of rotatable bonds is 7. The third kappa shape index (κ3) is 4.66. The van der Waals surface area contributed by atoms with E-state index in [0.717, 1.165) is 17.0 Å². The molecule has 1 heterocycles. The maximum Gasteiger partial charge on any atom is 0.316 e. The van der Waals surface area contributed by atoms with Gasteiger partial charge in [0.2, 0.25) is 0 Å². The zero-order valence-corrected chi connectivity index (χ0v) is 16.6. The molecule has 0 bridgehead atoms. The van der Waals surface area contributed by atoms with Gasteiger partial charge < -0.3 is 10.4 Å². The van der Waals surface area contributed by atoms with Crippen molar-refractivity contribution in [2.45, 2.75) is 50.3 Å². The highest BCUT2D eigenvalue weighted by Gasteiger charge is 2.20. The van der Waals surface area contributed by atoms with E-state index in [1.807, 2.05) is 32.5 Å². The lowest BCUT2D eigenvalue weighted by atomic mass is 10.0. The normalized spacial score (nSPS) is 13.3. The number of aliphatic carboxylic acids is 1. The summed E-state index contributed by atoms with van der Waals surface area (Å²) in [6.07, 6.45) is 0.693. The molecule has 0 aliphatic carbocycles. The molecule has 1 amide bonds. The summed E-state index contributed by atoms with van der Waals surface area (Å²) in [5, 5.41) is 15.9. The third-order valence-electron chi connectivity index (χ3n) is 4.33. The number of benzene rings is 1. The van der Waals surface area contributed by atoms with Crippen LogP contribution >= 0.6 is 11.8 Å². The van der Waals surface area contributed by atoms with E-state index in [4.69, 9.17) is 5.11 Å². The van der Waals surface area contributed by atoms with Gasteiger partial charge in [-0.05, 0) is 51.8 Å². The molecule has 0 spiro atoms. The lowest BCUT2D eigenvalue weighted by Crippen LogP contribution is -2.34. The number of carbonyl (C=O) groups is 2. The van der Waals surface area contributed by atoms with Gasteiger partial charge in [0.05, 0.1) is 11.3 Å². The molecule has 2 unspecified atom stereocenters. The second kappa shape index (κ2) is 8.40. The van der Waals surface area contributed by atoms with Crippen LogP contribution in [0.15, 0.2) is 29.2 Å². The Morgan fingerprint density at radius 3 is 2.50 bits per heavy atom. The van der Waals surface area contributed by atoms with Gasteiger partial charge >= 0.3 is 5.97 Å². The van der Waals surface area contributed by atoms with E-state index < -0.39 is 11.2 Å². The molecule has 0 aliphatic rings. The number of nitrogens with one attached hydrogen (secondary N) is 1. The van der Waals surface area contributed by atoms with E-state index >= 15 is 0 Å². The second-order valence-electron chi connectivity index (χ2n) is 6.45. The van der Waals surface area contributed by atoms with Gasteiger partial charge in [-0.25, -0.2) is 0 Å². The predicted molar refractivity (Wildman–Crippen MR) is 103 cm³/mol. The fourth-order valence-electron chi connectivity index (χ4n) is 2.77. The van der Waals surface area contributed by atoms with Gasteiger partial charge in [-0.2, -0.15) is 5.10 Å². The standard InChI is InChI=1S/C19H25N3O3S/c1-11(10-16-12(2)21-22(5)13(16)3)20-18(23)15-8-6-7-9-17(15)26-14(4)19(24)25/h6-9,11,14H,10H2,1-5H3,(H,20,23)(H,24,25). The first-order chi connectivity index (χ1) is 12.2. The van der Waals surface area contributed by atoms with Crippen LogP contribution in [-0.4, -0.2) is 38.1 Å². The van der Waals surface area contributed by atoms with Crippen LogP contribution in [0, 0.1) is 13.8 Å². The molecule has 1 aromatic heterocycles. The number of hydrogen-bond acceptors (Lipinski definition) is 4. The van der Waals surface area contributed by atoms with Crippen LogP contribution in [0.5, 0.6) is 0 Å². The van der Waals surface area contributed by atoms with E-state index in [0.29, 0.717) is 16.9 Å². The molecular formula is C19H25N3O3S. The number of aromatic nitrogens is 2. The molecule has 2 rings (SSSR count). The molecule has 2 aromatic rings. The number of hydrogen-bond donors (Lipinski definition) is 2. The van der Waals surface area contributed by atoms with E-state index in [2.05, 4.69) is 10.4 Å². The summed E-state index contributed by atoms with van der Waals surface area (Å²) in [4.78, 5) is 24.5. The number of carbonyl (C=O) groups excluding carboxylic acids is 1. The molecule has 140 valence electrons. The highest BCUT2D eigenvalue weighted by Crippen LogP contribution is 2.27. The van der Waals surface area contributed by atoms with Gasteiger partial charge in [-0.1, -0.05) is 12.1 Å². The van der Waals surface area contributed by atoms with Gasteiger partial charge in [-0.3, -0.25) is 14.3 Å². The predicted octanol–water partition coefficient (Wildman–Crippen LogP) is 2.96. The molecule has 6 nitrogen and oxygen atoms in total. The zero-order valence-electron chi connectivity index (χ0n) is 15.7. The Morgan fingerprint density at radius 1 is 1.27 bits per heavy atom. The third-order valence-corrected chi connectivity index (χ3v) is 5.50. The van der Waals surface area contributed by atoms with Crippen LogP contribution in [-0.2, 0) is 18.3 Å². The number of aryl methyl sites for hydroxylation is 2. The van der Waals surface area contributed by atoms with Crippen molar-refractivity contribution in [2.24, 2.45) is 7.05 Å². The molecule has 0 aliphatic heterocycles. The smallest absolute Gasteiger partial charge is 0.316 e. The van der Waals surface area contributed by atoms with E-state index in [1.165, 1.54) is 11.8 Å². The summed E-state index contributed by atoms with van der Waals surface area (Å²) in [7, 11) is 1.91. The largest absolute Gasteiger partial charge is 0.480 e. The monoisotopic (exact) mass is 375 g/mol. The maximum atomic E-state index is 12.7. The number of thioether (sulfide) groups is 1. The average molecular weight is 375 g/mol. The number of carboxylic acid groups (broad SMARTS) is 1. The maximum absolute atomic E-state index is 12.7. The average Bonchev–Trinajstić information content (AvgIpc) is 2.81. The minimum absolute atomic E-state index is 0.0703. The molecule has 0 saturated heterocycles. The number of nitrogens with zero attached hydrogens (tertiary/aromatic N) is 2. The highest BCUT2D eigenvalue weighted by molar-refractivity contribution is 8.00. The molecule has 0 fully saturated rings. The summed E-state index contributed by atoms with van der Waals surface area (Å²) in [6, 6.07) is 7.02. The fraction of sp³-hybridized carbons (Fsp3) is 0.421. The molecular weight excluding hydrogens is 350 g/mol. The van der Waals surface area contributed by atoms with Gasteiger partial charge in [0.15, 0.2) is 0 Å². The molecule has 0 radical (unpaired) electrons. The number of carboxylic acids is 1. The summed E-state index contributed by atoms with van der Waals surface area (Å²) < 4.78 is 1.85. The topological polar surface area (TPSA) is 84.2 Å². The quantitative estimate of drug-likeness (QED) is 0.727. The molecule has 1 aromatic carbocycles. The molecule has 0 saturated carbocycles. The Balaban J connectivity index is 2.11. The fourth-order valence-corrected chi connectivity index (χ4v) is 3.70. The second-order valence-corrected chi connectivity index (χ2v) is 7.83. The Hall–Kier alpha value is -2.28. The van der Waals surface area contributed by atoms with E-state index in [1.54, 1.807) is 31.2 Å². The van der Waals surface area contributed by atoms with Gasteiger partial charge in [0.1, 0.15) is 5.25 Å². The minimum Gasteiger partial charge on any atom is -0.480 e. The Morgan fingerprint density at radius 2 is 1.92 bits per heavy atom. The van der Waals surface area contributed by atoms with Crippen LogP contribution in [0.1, 0.15) is 41.2 Å². The lowest BCUT2D eigenvalue weighted by molar-refractivity contribution is -0.136. The summed E-state index contributed by atoms with van der Waals surface area (Å²) in [5.41, 5.74) is 3.70. The van der Waals surface area contributed by atoms with Crippen LogP contribution in [0.25, 0.3) is 0 Å². The summed E-state index contributed by atoms with van der Waals surface area (Å²) in [6.45, 7) is 7.55. The molecule has 2 atom stereocenters. The minimum atomic E-state index is -0.902.